The maximum Gasteiger partial charge on any atom is 0.123 e. The standard InChI is InChI=1S/C21H32O2.C11H16O2.C10H16O/c1-5-6-7-8-16-12-19(22)21(20(23)13-16)18-11-15(4)9-10-17(18)14(2)3;1-2-3-4-5-9-6-10(12)8-11(13)7-9;1-8(2)9-4-6-10(3,11)7-5-9/h11-14,17-18,22-23H,5-10H2,1-4H3;6-8,12-13H,2-5H2,1H3;4,6,9,11H,1,5,7H2,2-3H3/t17-,18+;;9-,10+/m0.0/s1. The fraction of sp³-hybridized carbons (Fsp3) is 0.571. The number of benzene rings is 2. The van der Waals surface area contributed by atoms with Crippen LogP contribution in [0, 0.1) is 17.8 Å². The van der Waals surface area contributed by atoms with Crippen LogP contribution in [0.3, 0.4) is 0 Å². The highest BCUT2D eigenvalue weighted by molar-refractivity contribution is 5.51. The zero-order valence-corrected chi connectivity index (χ0v) is 30.4. The lowest BCUT2D eigenvalue weighted by atomic mass is 9.71. The van der Waals surface area contributed by atoms with Gasteiger partial charge >= 0.3 is 0 Å². The van der Waals surface area contributed by atoms with Gasteiger partial charge in [-0.3, -0.25) is 0 Å². The zero-order valence-electron chi connectivity index (χ0n) is 30.4. The lowest BCUT2D eigenvalue weighted by Crippen LogP contribution is -2.25. The van der Waals surface area contributed by atoms with Crippen LogP contribution in [0.2, 0.25) is 0 Å². The van der Waals surface area contributed by atoms with Crippen molar-refractivity contribution in [2.75, 3.05) is 0 Å². The predicted octanol–water partition coefficient (Wildman–Crippen LogP) is 11.0. The summed E-state index contributed by atoms with van der Waals surface area (Å²) < 4.78 is 0. The number of aryl methyl sites for hydroxylation is 2. The molecule has 5 nitrogen and oxygen atoms in total. The van der Waals surface area contributed by atoms with E-state index in [9.17, 15) is 25.5 Å². The van der Waals surface area contributed by atoms with Crippen LogP contribution >= 0.6 is 0 Å². The van der Waals surface area contributed by atoms with Gasteiger partial charge < -0.3 is 25.5 Å². The topological polar surface area (TPSA) is 101 Å². The van der Waals surface area contributed by atoms with Gasteiger partial charge in [-0.15, -0.1) is 0 Å². The number of hydrogen-bond donors (Lipinski definition) is 5. The Morgan fingerprint density at radius 3 is 1.83 bits per heavy atom. The highest BCUT2D eigenvalue weighted by atomic mass is 16.3. The van der Waals surface area contributed by atoms with Crippen LogP contribution in [0.4, 0.5) is 0 Å². The van der Waals surface area contributed by atoms with E-state index in [1.165, 1.54) is 42.9 Å². The van der Waals surface area contributed by atoms with Crippen LogP contribution in [-0.4, -0.2) is 31.1 Å². The van der Waals surface area contributed by atoms with Crippen LogP contribution in [-0.2, 0) is 12.8 Å². The van der Waals surface area contributed by atoms with Crippen molar-refractivity contribution in [1.82, 2.24) is 0 Å². The summed E-state index contributed by atoms with van der Waals surface area (Å²) in [5, 5.41) is 49.1. The molecular weight excluding hydrogens is 584 g/mol. The van der Waals surface area contributed by atoms with E-state index in [0.717, 1.165) is 68.1 Å². The fourth-order valence-electron chi connectivity index (χ4n) is 6.62. The summed E-state index contributed by atoms with van der Waals surface area (Å²) in [6, 6.07) is 8.48. The van der Waals surface area contributed by atoms with Crippen LogP contribution in [0.1, 0.15) is 135 Å². The second kappa shape index (κ2) is 19.6. The van der Waals surface area contributed by atoms with Gasteiger partial charge in [-0.05, 0) is 125 Å². The summed E-state index contributed by atoms with van der Waals surface area (Å²) in [4.78, 5) is 0. The molecule has 2 aliphatic rings. The smallest absolute Gasteiger partial charge is 0.123 e. The third kappa shape index (κ3) is 13.8. The van der Waals surface area contributed by atoms with Crippen molar-refractivity contribution in [3.05, 3.63) is 83.0 Å². The second-order valence-corrected chi connectivity index (χ2v) is 14.5. The Balaban J connectivity index is 0.000000270. The van der Waals surface area contributed by atoms with Crippen molar-refractivity contribution < 1.29 is 25.5 Å². The first kappa shape index (κ1) is 40.0. The number of allylic oxidation sites excluding steroid dienone is 4. The van der Waals surface area contributed by atoms with Gasteiger partial charge in [0.15, 0.2) is 0 Å². The number of aromatic hydroxyl groups is 4. The SMILES string of the molecule is C=C(C)[C@H]1C=C[C@@](C)(O)CC1.CCCCCc1cc(O)c([C@@H]2C=C(C)CC[C@H]2C(C)C)c(O)c1.CCCCCc1cc(O)cc(O)c1. The minimum atomic E-state index is -0.577. The Bertz CT molecular complexity index is 1280. The molecule has 4 rings (SSSR count). The molecule has 5 heteroatoms. The summed E-state index contributed by atoms with van der Waals surface area (Å²) in [5.41, 5.74) is 4.74. The molecule has 4 atom stereocenters. The Morgan fingerprint density at radius 2 is 1.38 bits per heavy atom. The molecule has 2 aliphatic carbocycles. The summed E-state index contributed by atoms with van der Waals surface area (Å²) >= 11 is 0. The number of rotatable bonds is 11. The minimum absolute atomic E-state index is 0.119. The molecule has 2 aromatic carbocycles. The van der Waals surface area contributed by atoms with Crippen molar-refractivity contribution in [1.29, 1.82) is 0 Å². The molecule has 0 bridgehead atoms. The van der Waals surface area contributed by atoms with E-state index in [-0.39, 0.29) is 28.9 Å². The van der Waals surface area contributed by atoms with Gasteiger partial charge in [0.05, 0.1) is 5.60 Å². The molecule has 0 amide bonds. The largest absolute Gasteiger partial charge is 0.508 e. The molecule has 0 heterocycles. The van der Waals surface area contributed by atoms with Gasteiger partial charge in [0.1, 0.15) is 23.0 Å². The molecule has 0 saturated carbocycles. The van der Waals surface area contributed by atoms with Gasteiger partial charge in [0.25, 0.3) is 0 Å². The molecule has 0 aromatic heterocycles. The summed E-state index contributed by atoms with van der Waals surface area (Å²) in [6.45, 7) is 18.7. The lowest BCUT2D eigenvalue weighted by Gasteiger charge is -2.33. The third-order valence-electron chi connectivity index (χ3n) is 9.57. The maximum absolute atomic E-state index is 10.6. The van der Waals surface area contributed by atoms with Crippen LogP contribution < -0.4 is 0 Å². The van der Waals surface area contributed by atoms with Gasteiger partial charge in [0, 0.05) is 17.5 Å². The summed E-state index contributed by atoms with van der Waals surface area (Å²) in [6.07, 6.45) is 19.1. The molecule has 5 N–H and O–H groups in total. The number of aliphatic hydroxyl groups is 1. The zero-order chi connectivity index (χ0) is 35.1. The minimum Gasteiger partial charge on any atom is -0.508 e. The van der Waals surface area contributed by atoms with E-state index < -0.39 is 5.60 Å². The number of phenolic OH excluding ortho intramolecular Hbond substituents is 4. The monoisotopic (exact) mass is 648 g/mol. The molecule has 0 saturated heterocycles. The first-order valence-electron chi connectivity index (χ1n) is 18.0. The van der Waals surface area contributed by atoms with Gasteiger partial charge in [-0.1, -0.05) is 89.3 Å². The molecule has 0 unspecified atom stereocenters. The van der Waals surface area contributed by atoms with Crippen LogP contribution in [0.25, 0.3) is 0 Å². The molecule has 0 aliphatic heterocycles. The first-order chi connectivity index (χ1) is 22.2. The predicted molar refractivity (Wildman–Crippen MR) is 197 cm³/mol. The Morgan fingerprint density at radius 1 is 0.851 bits per heavy atom. The van der Waals surface area contributed by atoms with E-state index >= 15 is 0 Å². The Hall–Kier alpha value is -3.18. The highest BCUT2D eigenvalue weighted by Gasteiger charge is 2.31. The quantitative estimate of drug-likeness (QED) is 0.123. The first-order valence-corrected chi connectivity index (χ1v) is 18.0. The van der Waals surface area contributed by atoms with Crippen LogP contribution in [0.15, 0.2) is 66.3 Å². The molecule has 262 valence electrons. The second-order valence-electron chi connectivity index (χ2n) is 14.5. The van der Waals surface area contributed by atoms with Crippen molar-refractivity contribution in [2.24, 2.45) is 17.8 Å². The average molecular weight is 649 g/mol. The van der Waals surface area contributed by atoms with E-state index in [0.29, 0.717) is 17.8 Å². The van der Waals surface area contributed by atoms with Crippen molar-refractivity contribution in [3.8, 4) is 23.0 Å². The van der Waals surface area contributed by atoms with Gasteiger partial charge in [0.2, 0.25) is 0 Å². The molecular formula is C42H64O5. The average Bonchev–Trinajstić information content (AvgIpc) is 2.97. The van der Waals surface area contributed by atoms with Crippen molar-refractivity contribution in [3.63, 3.8) is 0 Å². The van der Waals surface area contributed by atoms with E-state index in [1.807, 2.05) is 32.1 Å². The van der Waals surface area contributed by atoms with E-state index in [1.54, 1.807) is 12.1 Å². The van der Waals surface area contributed by atoms with E-state index in [2.05, 4.69) is 53.3 Å². The van der Waals surface area contributed by atoms with Crippen molar-refractivity contribution in [2.45, 2.75) is 137 Å². The highest BCUT2D eigenvalue weighted by Crippen LogP contribution is 2.46. The molecule has 0 spiro atoms. The number of unbranched alkanes of at least 4 members (excludes halogenated alkanes) is 4. The number of hydrogen-bond acceptors (Lipinski definition) is 5. The normalized spacial score (nSPS) is 22.1. The van der Waals surface area contributed by atoms with Gasteiger partial charge in [-0.25, -0.2) is 0 Å². The fourth-order valence-corrected chi connectivity index (χ4v) is 6.62. The molecule has 47 heavy (non-hydrogen) atoms. The molecule has 0 fully saturated rings. The van der Waals surface area contributed by atoms with Crippen LogP contribution in [0.5, 0.6) is 23.0 Å². The van der Waals surface area contributed by atoms with Gasteiger partial charge in [-0.2, -0.15) is 0 Å². The van der Waals surface area contributed by atoms with Crippen molar-refractivity contribution >= 4 is 0 Å². The molecule has 0 radical (unpaired) electrons. The summed E-state index contributed by atoms with van der Waals surface area (Å²) in [5.74, 6) is 2.42. The third-order valence-corrected chi connectivity index (χ3v) is 9.57. The molecule has 2 aromatic rings. The number of phenols is 4. The lowest BCUT2D eigenvalue weighted by molar-refractivity contribution is 0.0903. The Labute approximate surface area is 285 Å². The van der Waals surface area contributed by atoms with E-state index in [4.69, 9.17) is 0 Å². The maximum atomic E-state index is 10.6. The summed E-state index contributed by atoms with van der Waals surface area (Å²) in [7, 11) is 0. The Kier molecular flexibility index (Phi) is 16.7.